The van der Waals surface area contributed by atoms with Gasteiger partial charge in [0.1, 0.15) is 5.60 Å². The molecule has 29 heavy (non-hydrogen) atoms. The average molecular weight is 406 g/mol. The molecule has 0 aliphatic carbocycles. The highest BCUT2D eigenvalue weighted by molar-refractivity contribution is 5.93. The highest BCUT2D eigenvalue weighted by Gasteiger charge is 2.26. The van der Waals surface area contributed by atoms with Crippen LogP contribution in [-0.4, -0.2) is 53.1 Å². The number of anilines is 1. The first-order valence-corrected chi connectivity index (χ1v) is 9.81. The van der Waals surface area contributed by atoms with E-state index < -0.39 is 16.6 Å². The van der Waals surface area contributed by atoms with Crippen LogP contribution in [0, 0.1) is 17.0 Å². The lowest BCUT2D eigenvalue weighted by Crippen LogP contribution is -2.49. The maximum absolute atomic E-state index is 12.6. The van der Waals surface area contributed by atoms with Crippen molar-refractivity contribution in [3.8, 4) is 0 Å². The molecule has 0 radical (unpaired) electrons. The van der Waals surface area contributed by atoms with Gasteiger partial charge in [0.15, 0.2) is 0 Å². The summed E-state index contributed by atoms with van der Waals surface area (Å²) < 4.78 is 5.26. The van der Waals surface area contributed by atoms with E-state index in [9.17, 15) is 19.7 Å². The number of likely N-dealkylation sites (tertiary alicyclic amines) is 1. The molecule has 2 rings (SSSR count). The van der Waals surface area contributed by atoms with Crippen LogP contribution in [0.4, 0.5) is 16.2 Å². The predicted octanol–water partition coefficient (Wildman–Crippen LogP) is 3.22. The molecule has 2 amide bonds. The molecule has 1 unspecified atom stereocenters. The van der Waals surface area contributed by atoms with Crippen LogP contribution in [0.25, 0.3) is 0 Å². The molecule has 0 aromatic heterocycles. The second-order valence-corrected chi connectivity index (χ2v) is 8.31. The molecule has 0 saturated carbocycles. The van der Waals surface area contributed by atoms with Gasteiger partial charge in [0.2, 0.25) is 5.91 Å². The van der Waals surface area contributed by atoms with Gasteiger partial charge < -0.3 is 15.4 Å². The fourth-order valence-corrected chi connectivity index (χ4v) is 3.25. The Balaban J connectivity index is 1.94. The van der Waals surface area contributed by atoms with Crippen molar-refractivity contribution < 1.29 is 19.2 Å². The number of carbonyl (C=O) groups is 2. The Morgan fingerprint density at radius 3 is 2.69 bits per heavy atom. The number of nitrogens with zero attached hydrogens (tertiary/aromatic N) is 2. The monoisotopic (exact) mass is 406 g/mol. The highest BCUT2D eigenvalue weighted by Crippen LogP contribution is 2.22. The SMILES string of the molecule is Cc1ccc([N+](=O)[O-])cc1NC(=O)CN1CCCCC1CNC(=O)OC(C)(C)C. The Morgan fingerprint density at radius 2 is 2.03 bits per heavy atom. The lowest BCUT2D eigenvalue weighted by atomic mass is 10.0. The molecule has 160 valence electrons. The standard InChI is InChI=1S/C20H30N4O5/c1-14-8-9-15(24(27)28)11-17(14)22-18(25)13-23-10-6-5-7-16(23)12-21-19(26)29-20(2,3)4/h8-9,11,16H,5-7,10,12-13H2,1-4H3,(H,21,26)(H,22,25). The van der Waals surface area contributed by atoms with Gasteiger partial charge in [0.05, 0.1) is 17.2 Å². The molecule has 2 N–H and O–H groups in total. The second-order valence-electron chi connectivity index (χ2n) is 8.31. The number of nitro benzene ring substituents is 1. The number of aryl methyl sites for hydroxylation is 1. The number of non-ortho nitro benzene ring substituents is 1. The number of carbonyl (C=O) groups excluding carboxylic acids is 2. The van der Waals surface area contributed by atoms with Crippen LogP contribution in [0.2, 0.25) is 0 Å². The summed E-state index contributed by atoms with van der Waals surface area (Å²) in [7, 11) is 0. The minimum atomic E-state index is -0.563. The summed E-state index contributed by atoms with van der Waals surface area (Å²) in [6.45, 7) is 8.51. The lowest BCUT2D eigenvalue weighted by molar-refractivity contribution is -0.384. The van der Waals surface area contributed by atoms with Gasteiger partial charge in [0, 0.05) is 24.7 Å². The van der Waals surface area contributed by atoms with E-state index in [1.165, 1.54) is 12.1 Å². The van der Waals surface area contributed by atoms with Gasteiger partial charge in [-0.1, -0.05) is 12.5 Å². The van der Waals surface area contributed by atoms with Gasteiger partial charge in [-0.25, -0.2) is 4.79 Å². The third kappa shape index (κ3) is 7.34. The number of ether oxygens (including phenoxy) is 1. The summed E-state index contributed by atoms with van der Waals surface area (Å²) in [4.78, 5) is 37.0. The number of hydrogen-bond donors (Lipinski definition) is 2. The minimum Gasteiger partial charge on any atom is -0.444 e. The largest absolute Gasteiger partial charge is 0.444 e. The van der Waals surface area contributed by atoms with Crippen LogP contribution in [0.15, 0.2) is 18.2 Å². The first kappa shape index (κ1) is 22.6. The quantitative estimate of drug-likeness (QED) is 0.554. The summed E-state index contributed by atoms with van der Waals surface area (Å²) in [5.41, 5.74) is 0.561. The minimum absolute atomic E-state index is 0.0354. The topological polar surface area (TPSA) is 114 Å². The smallest absolute Gasteiger partial charge is 0.407 e. The van der Waals surface area contributed by atoms with Gasteiger partial charge in [-0.05, 0) is 52.6 Å². The van der Waals surface area contributed by atoms with Crippen LogP contribution in [-0.2, 0) is 9.53 Å². The summed E-state index contributed by atoms with van der Waals surface area (Å²) in [5, 5.41) is 16.5. The van der Waals surface area contributed by atoms with E-state index in [1.54, 1.807) is 33.8 Å². The maximum atomic E-state index is 12.6. The lowest BCUT2D eigenvalue weighted by Gasteiger charge is -2.35. The molecular weight excluding hydrogens is 376 g/mol. The van der Waals surface area contributed by atoms with E-state index in [-0.39, 0.29) is 24.2 Å². The zero-order valence-corrected chi connectivity index (χ0v) is 17.5. The Kier molecular flexibility index (Phi) is 7.55. The molecule has 1 aromatic carbocycles. The van der Waals surface area contributed by atoms with Gasteiger partial charge in [-0.15, -0.1) is 0 Å². The molecule has 1 saturated heterocycles. The van der Waals surface area contributed by atoms with E-state index in [0.717, 1.165) is 31.4 Å². The molecule has 0 spiro atoms. The molecule has 1 aliphatic heterocycles. The van der Waals surface area contributed by atoms with E-state index in [4.69, 9.17) is 4.74 Å². The van der Waals surface area contributed by atoms with Crippen molar-refractivity contribution in [3.63, 3.8) is 0 Å². The first-order chi connectivity index (χ1) is 13.5. The highest BCUT2D eigenvalue weighted by atomic mass is 16.6. The van der Waals surface area contributed by atoms with Crippen molar-refractivity contribution in [2.75, 3.05) is 25.0 Å². The second kappa shape index (κ2) is 9.69. The number of benzene rings is 1. The molecule has 1 heterocycles. The molecule has 9 heteroatoms. The van der Waals surface area contributed by atoms with Crippen molar-refractivity contribution in [1.82, 2.24) is 10.2 Å². The van der Waals surface area contributed by atoms with Gasteiger partial charge in [-0.3, -0.25) is 19.8 Å². The van der Waals surface area contributed by atoms with Crippen LogP contribution < -0.4 is 10.6 Å². The number of rotatable bonds is 6. The summed E-state index contributed by atoms with van der Waals surface area (Å²) in [6.07, 6.45) is 2.41. The Hall–Kier alpha value is -2.68. The van der Waals surface area contributed by atoms with Crippen molar-refractivity contribution in [2.24, 2.45) is 0 Å². The van der Waals surface area contributed by atoms with Crippen LogP contribution in [0.5, 0.6) is 0 Å². The fraction of sp³-hybridized carbons (Fsp3) is 0.600. The Morgan fingerprint density at radius 1 is 1.31 bits per heavy atom. The van der Waals surface area contributed by atoms with Gasteiger partial charge in [0.25, 0.3) is 5.69 Å². The Bertz CT molecular complexity index is 760. The number of alkyl carbamates (subject to hydrolysis) is 1. The van der Waals surface area contributed by atoms with Crippen molar-refractivity contribution in [1.29, 1.82) is 0 Å². The number of amides is 2. The fourth-order valence-electron chi connectivity index (χ4n) is 3.25. The predicted molar refractivity (Wildman–Crippen MR) is 110 cm³/mol. The van der Waals surface area contributed by atoms with Gasteiger partial charge >= 0.3 is 6.09 Å². The van der Waals surface area contributed by atoms with Crippen molar-refractivity contribution in [2.45, 2.75) is 58.6 Å². The molecule has 1 fully saturated rings. The molecule has 0 bridgehead atoms. The van der Waals surface area contributed by atoms with Gasteiger partial charge in [-0.2, -0.15) is 0 Å². The molecule has 9 nitrogen and oxygen atoms in total. The van der Waals surface area contributed by atoms with Crippen LogP contribution in [0.3, 0.4) is 0 Å². The normalized spacial score (nSPS) is 17.4. The van der Waals surface area contributed by atoms with E-state index >= 15 is 0 Å². The van der Waals surface area contributed by atoms with Crippen LogP contribution >= 0.6 is 0 Å². The third-order valence-electron chi connectivity index (χ3n) is 4.68. The number of hydrogen-bond acceptors (Lipinski definition) is 6. The van der Waals surface area contributed by atoms with Crippen molar-refractivity contribution >= 4 is 23.4 Å². The van der Waals surface area contributed by atoms with Crippen molar-refractivity contribution in [3.05, 3.63) is 33.9 Å². The molecule has 1 aliphatic rings. The molecular formula is C20H30N4O5. The Labute approximate surface area is 170 Å². The van der Waals surface area contributed by atoms with E-state index in [2.05, 4.69) is 10.6 Å². The molecule has 1 atom stereocenters. The average Bonchev–Trinajstić information content (AvgIpc) is 2.61. The maximum Gasteiger partial charge on any atom is 0.407 e. The number of nitro groups is 1. The van der Waals surface area contributed by atoms with Crippen LogP contribution in [0.1, 0.15) is 45.6 Å². The number of piperidine rings is 1. The zero-order valence-electron chi connectivity index (χ0n) is 17.5. The zero-order chi connectivity index (χ0) is 21.6. The molecule has 1 aromatic rings. The summed E-state index contributed by atoms with van der Waals surface area (Å²) in [6, 6.07) is 4.43. The van der Waals surface area contributed by atoms with E-state index in [1.807, 2.05) is 4.90 Å². The third-order valence-corrected chi connectivity index (χ3v) is 4.68. The summed E-state index contributed by atoms with van der Waals surface area (Å²) >= 11 is 0. The van der Waals surface area contributed by atoms with E-state index in [0.29, 0.717) is 12.2 Å². The number of nitrogens with one attached hydrogen (secondary N) is 2. The first-order valence-electron chi connectivity index (χ1n) is 9.81. The summed E-state index contributed by atoms with van der Waals surface area (Å²) in [5.74, 6) is -0.238.